The van der Waals surface area contributed by atoms with Crippen molar-refractivity contribution in [3.63, 3.8) is 0 Å². The minimum absolute atomic E-state index is 0.267. The lowest BCUT2D eigenvalue weighted by Crippen LogP contribution is -2.05. The summed E-state index contributed by atoms with van der Waals surface area (Å²) in [6, 6.07) is 48.9. The predicted molar refractivity (Wildman–Crippen MR) is 164 cm³/mol. The van der Waals surface area contributed by atoms with Crippen LogP contribution in [-0.2, 0) is 4.74 Å². The molecule has 0 spiro atoms. The third-order valence-electron chi connectivity index (χ3n) is 7.65. The summed E-state index contributed by atoms with van der Waals surface area (Å²) in [5, 5.41) is 7.37. The van der Waals surface area contributed by atoms with Crippen LogP contribution in [0.2, 0.25) is 0 Å². The third-order valence-corrected chi connectivity index (χ3v) is 7.65. The molecule has 0 amide bonds. The molecule has 7 rings (SSSR count). The Balaban J connectivity index is 1.48. The van der Waals surface area contributed by atoms with Crippen LogP contribution in [0, 0.1) is 0 Å². The average molecular weight is 517 g/mol. The molecule has 192 valence electrons. The first kappa shape index (κ1) is 24.1. The van der Waals surface area contributed by atoms with Crippen LogP contribution < -0.4 is 0 Å². The Labute approximate surface area is 233 Å². The highest BCUT2D eigenvalue weighted by Crippen LogP contribution is 2.42. The zero-order chi connectivity index (χ0) is 26.9. The largest absolute Gasteiger partial charge is 0.372 e. The second-order valence-electron chi connectivity index (χ2n) is 9.97. The Morgan fingerprint density at radius 1 is 0.550 bits per heavy atom. The molecule has 5 aromatic carbocycles. The number of hydrogen-bond donors (Lipinski definition) is 0. The molecule has 0 fully saturated rings. The molecule has 0 aliphatic heterocycles. The number of hydrogen-bond acceptors (Lipinski definition) is 2. The molecule has 2 heterocycles. The van der Waals surface area contributed by atoms with E-state index in [9.17, 15) is 0 Å². The van der Waals surface area contributed by atoms with Crippen molar-refractivity contribution in [2.45, 2.75) is 6.10 Å². The molecule has 40 heavy (non-hydrogen) atoms. The molecule has 0 saturated heterocycles. The number of benzene rings is 5. The minimum atomic E-state index is -0.267. The van der Waals surface area contributed by atoms with E-state index >= 15 is 0 Å². The first-order chi connectivity index (χ1) is 19.8. The third kappa shape index (κ3) is 4.08. The fourth-order valence-electron chi connectivity index (χ4n) is 5.82. The Bertz CT molecular complexity index is 1910. The van der Waals surface area contributed by atoms with Gasteiger partial charge in [-0.1, -0.05) is 140 Å². The molecule has 3 heteroatoms. The number of aromatic nitrogens is 2. The van der Waals surface area contributed by atoms with Gasteiger partial charge in [0.15, 0.2) is 0 Å². The van der Waals surface area contributed by atoms with Crippen molar-refractivity contribution < 1.29 is 4.74 Å². The second-order valence-corrected chi connectivity index (χ2v) is 9.97. The van der Waals surface area contributed by atoms with Gasteiger partial charge >= 0.3 is 0 Å². The van der Waals surface area contributed by atoms with Crippen LogP contribution in [0.5, 0.6) is 0 Å². The van der Waals surface area contributed by atoms with Gasteiger partial charge < -0.3 is 4.74 Å². The standard InChI is InChI=1S/C37H28N2O/c1-40-37(30-23-21-27(22-24-30)26-13-5-2-6-14-26)33-25-38-39-35(29-17-9-4-10-18-29)34(28-15-7-3-8-16-28)31-19-11-12-20-32(31)36(33)39/h2-25,37H,1H3. The van der Waals surface area contributed by atoms with Gasteiger partial charge in [-0.25, -0.2) is 4.52 Å². The fourth-order valence-corrected chi connectivity index (χ4v) is 5.82. The number of ether oxygens (including phenoxy) is 1. The summed E-state index contributed by atoms with van der Waals surface area (Å²) in [6.07, 6.45) is 1.71. The topological polar surface area (TPSA) is 26.5 Å². The van der Waals surface area contributed by atoms with E-state index in [0.29, 0.717) is 0 Å². The molecule has 0 radical (unpaired) electrons. The molecule has 1 atom stereocenters. The van der Waals surface area contributed by atoms with E-state index in [4.69, 9.17) is 9.84 Å². The van der Waals surface area contributed by atoms with Crippen molar-refractivity contribution >= 4 is 16.3 Å². The normalized spacial score (nSPS) is 12.1. The van der Waals surface area contributed by atoms with E-state index in [2.05, 4.69) is 138 Å². The summed E-state index contributed by atoms with van der Waals surface area (Å²) in [4.78, 5) is 0. The maximum atomic E-state index is 6.19. The van der Waals surface area contributed by atoms with Crippen LogP contribution in [-0.4, -0.2) is 16.7 Å². The van der Waals surface area contributed by atoms with Gasteiger partial charge in [-0.05, 0) is 27.6 Å². The van der Waals surface area contributed by atoms with E-state index in [1.54, 1.807) is 7.11 Å². The van der Waals surface area contributed by atoms with E-state index in [0.717, 1.165) is 38.9 Å². The Kier molecular flexibility index (Phi) is 6.19. The van der Waals surface area contributed by atoms with Crippen LogP contribution >= 0.6 is 0 Å². The zero-order valence-electron chi connectivity index (χ0n) is 22.2. The number of rotatable bonds is 6. The predicted octanol–water partition coefficient (Wildman–Crippen LogP) is 9.22. The van der Waals surface area contributed by atoms with Gasteiger partial charge in [-0.2, -0.15) is 5.10 Å². The molecule has 0 aliphatic rings. The van der Waals surface area contributed by atoms with Crippen LogP contribution in [0.3, 0.4) is 0 Å². The zero-order valence-corrected chi connectivity index (χ0v) is 22.2. The Morgan fingerprint density at radius 3 is 1.70 bits per heavy atom. The summed E-state index contributed by atoms with van der Waals surface area (Å²) in [5.74, 6) is 0. The molecule has 7 aromatic rings. The minimum Gasteiger partial charge on any atom is -0.372 e. The van der Waals surface area contributed by atoms with Gasteiger partial charge in [0.05, 0.1) is 17.4 Å². The van der Waals surface area contributed by atoms with E-state index in [-0.39, 0.29) is 6.10 Å². The summed E-state index contributed by atoms with van der Waals surface area (Å²) in [6.45, 7) is 0. The number of nitrogens with zero attached hydrogens (tertiary/aromatic N) is 2. The number of fused-ring (bicyclic) bond motifs is 3. The average Bonchev–Trinajstić information content (AvgIpc) is 3.47. The summed E-state index contributed by atoms with van der Waals surface area (Å²) in [5.41, 5.74) is 10.1. The first-order valence-electron chi connectivity index (χ1n) is 13.5. The van der Waals surface area contributed by atoms with Crippen molar-refractivity contribution in [3.8, 4) is 33.5 Å². The smallest absolute Gasteiger partial charge is 0.111 e. The van der Waals surface area contributed by atoms with E-state index < -0.39 is 0 Å². The lowest BCUT2D eigenvalue weighted by molar-refractivity contribution is 0.137. The van der Waals surface area contributed by atoms with Crippen molar-refractivity contribution in [2.75, 3.05) is 7.11 Å². The lowest BCUT2D eigenvalue weighted by atomic mass is 9.91. The highest BCUT2D eigenvalue weighted by Gasteiger charge is 2.25. The Morgan fingerprint density at radius 2 is 1.07 bits per heavy atom. The van der Waals surface area contributed by atoms with Gasteiger partial charge in [0.25, 0.3) is 0 Å². The lowest BCUT2D eigenvalue weighted by Gasteiger charge is -2.20. The van der Waals surface area contributed by atoms with Crippen LogP contribution in [0.1, 0.15) is 17.2 Å². The second kappa shape index (κ2) is 10.3. The molecule has 0 N–H and O–H groups in total. The monoisotopic (exact) mass is 516 g/mol. The van der Waals surface area contributed by atoms with Crippen LogP contribution in [0.15, 0.2) is 146 Å². The fraction of sp³-hybridized carbons (Fsp3) is 0.0541. The maximum Gasteiger partial charge on any atom is 0.111 e. The van der Waals surface area contributed by atoms with E-state index in [1.165, 1.54) is 22.1 Å². The van der Waals surface area contributed by atoms with Gasteiger partial charge in [0.2, 0.25) is 0 Å². The molecule has 0 aliphatic carbocycles. The molecular formula is C37H28N2O. The summed E-state index contributed by atoms with van der Waals surface area (Å²) >= 11 is 0. The number of pyridine rings is 1. The van der Waals surface area contributed by atoms with Gasteiger partial charge in [0.1, 0.15) is 6.10 Å². The van der Waals surface area contributed by atoms with Crippen molar-refractivity contribution in [1.29, 1.82) is 0 Å². The van der Waals surface area contributed by atoms with Crippen molar-refractivity contribution in [3.05, 3.63) is 157 Å². The quantitative estimate of drug-likeness (QED) is 0.220. The van der Waals surface area contributed by atoms with Gasteiger partial charge in [-0.15, -0.1) is 0 Å². The molecule has 2 aromatic heterocycles. The highest BCUT2D eigenvalue weighted by atomic mass is 16.5. The van der Waals surface area contributed by atoms with Crippen LogP contribution in [0.25, 0.3) is 49.8 Å². The molecule has 1 unspecified atom stereocenters. The van der Waals surface area contributed by atoms with Gasteiger partial charge in [0, 0.05) is 29.2 Å². The molecular weight excluding hydrogens is 488 g/mol. The molecule has 3 nitrogen and oxygen atoms in total. The highest BCUT2D eigenvalue weighted by molar-refractivity contribution is 6.10. The number of methoxy groups -OCH3 is 1. The Hall–Kier alpha value is -4.99. The maximum absolute atomic E-state index is 6.19. The molecule has 0 saturated carbocycles. The molecule has 0 bridgehead atoms. The first-order valence-corrected chi connectivity index (χ1v) is 13.5. The van der Waals surface area contributed by atoms with Crippen molar-refractivity contribution in [1.82, 2.24) is 9.61 Å². The van der Waals surface area contributed by atoms with Crippen LogP contribution in [0.4, 0.5) is 0 Å². The van der Waals surface area contributed by atoms with Crippen molar-refractivity contribution in [2.24, 2.45) is 0 Å². The SMILES string of the molecule is COC(c1ccc(-c2ccccc2)cc1)c1cnn2c(-c3ccccc3)c(-c3ccccc3)c3ccccc3c12. The van der Waals surface area contributed by atoms with E-state index in [1.807, 2.05) is 12.3 Å². The summed E-state index contributed by atoms with van der Waals surface area (Å²) in [7, 11) is 1.78. The summed E-state index contributed by atoms with van der Waals surface area (Å²) < 4.78 is 8.30. The van der Waals surface area contributed by atoms with Gasteiger partial charge in [-0.3, -0.25) is 0 Å².